The Labute approximate surface area is 123 Å². The standard InChI is InChI=1S/C14H20N6O/c1-4-20(5-2)12-8-6-11(7-9-12)15-14(21)10-13-16-17-18-19(13)3/h6-9H,4-5,10H2,1-3H3,(H,15,21). The summed E-state index contributed by atoms with van der Waals surface area (Å²) in [4.78, 5) is 14.2. The number of nitrogens with one attached hydrogen (secondary N) is 1. The van der Waals surface area contributed by atoms with Crippen LogP contribution in [0.3, 0.4) is 0 Å². The van der Waals surface area contributed by atoms with Gasteiger partial charge in [-0.1, -0.05) is 0 Å². The van der Waals surface area contributed by atoms with E-state index in [1.165, 1.54) is 4.68 Å². The lowest BCUT2D eigenvalue weighted by Gasteiger charge is -2.21. The molecule has 2 rings (SSSR count). The zero-order chi connectivity index (χ0) is 15.2. The summed E-state index contributed by atoms with van der Waals surface area (Å²) in [5, 5.41) is 13.8. The van der Waals surface area contributed by atoms with Crippen molar-refractivity contribution in [2.45, 2.75) is 20.3 Å². The molecule has 1 amide bonds. The Balaban J connectivity index is 1.97. The molecule has 0 fully saturated rings. The van der Waals surface area contributed by atoms with Crippen LogP contribution in [0.15, 0.2) is 24.3 Å². The molecule has 0 radical (unpaired) electrons. The molecule has 0 saturated carbocycles. The number of carbonyl (C=O) groups is 1. The van der Waals surface area contributed by atoms with Gasteiger partial charge in [-0.25, -0.2) is 4.68 Å². The maximum Gasteiger partial charge on any atom is 0.232 e. The SMILES string of the molecule is CCN(CC)c1ccc(NC(=O)Cc2nnnn2C)cc1. The van der Waals surface area contributed by atoms with Gasteiger partial charge in [0.05, 0.1) is 6.42 Å². The van der Waals surface area contributed by atoms with E-state index in [2.05, 4.69) is 39.6 Å². The van der Waals surface area contributed by atoms with Crippen molar-refractivity contribution in [3.8, 4) is 0 Å². The van der Waals surface area contributed by atoms with E-state index in [4.69, 9.17) is 0 Å². The minimum Gasteiger partial charge on any atom is -0.372 e. The second kappa shape index (κ2) is 6.83. The number of benzene rings is 1. The minimum absolute atomic E-state index is 0.136. The predicted molar refractivity (Wildman–Crippen MR) is 81.1 cm³/mol. The molecule has 0 atom stereocenters. The van der Waals surface area contributed by atoms with Crippen LogP contribution < -0.4 is 10.2 Å². The first-order valence-electron chi connectivity index (χ1n) is 7.00. The Morgan fingerprint density at radius 2 is 1.90 bits per heavy atom. The Morgan fingerprint density at radius 1 is 1.24 bits per heavy atom. The molecule has 1 N–H and O–H groups in total. The molecule has 21 heavy (non-hydrogen) atoms. The van der Waals surface area contributed by atoms with E-state index in [0.29, 0.717) is 5.82 Å². The lowest BCUT2D eigenvalue weighted by Crippen LogP contribution is -2.21. The highest BCUT2D eigenvalue weighted by atomic mass is 16.1. The van der Waals surface area contributed by atoms with Crippen LogP contribution in [-0.2, 0) is 18.3 Å². The van der Waals surface area contributed by atoms with Gasteiger partial charge in [-0.15, -0.1) is 5.10 Å². The number of anilines is 2. The van der Waals surface area contributed by atoms with Gasteiger partial charge in [-0.2, -0.15) is 0 Å². The van der Waals surface area contributed by atoms with Crippen molar-refractivity contribution in [3.05, 3.63) is 30.1 Å². The first-order chi connectivity index (χ1) is 10.1. The van der Waals surface area contributed by atoms with Crippen LogP contribution >= 0.6 is 0 Å². The summed E-state index contributed by atoms with van der Waals surface area (Å²) < 4.78 is 1.49. The number of carbonyl (C=O) groups excluding carboxylic acids is 1. The molecule has 0 saturated heterocycles. The van der Waals surface area contributed by atoms with E-state index in [-0.39, 0.29) is 12.3 Å². The van der Waals surface area contributed by atoms with Crippen LogP contribution in [0.25, 0.3) is 0 Å². The Kier molecular flexibility index (Phi) is 4.86. The molecule has 1 heterocycles. The highest BCUT2D eigenvalue weighted by Gasteiger charge is 2.09. The minimum atomic E-state index is -0.136. The van der Waals surface area contributed by atoms with Gasteiger partial charge >= 0.3 is 0 Å². The first kappa shape index (κ1) is 15.0. The third-order valence-corrected chi connectivity index (χ3v) is 3.31. The third kappa shape index (κ3) is 3.77. The molecule has 0 spiro atoms. The van der Waals surface area contributed by atoms with Gasteiger partial charge in [-0.05, 0) is 48.5 Å². The molecule has 0 aliphatic heterocycles. The normalized spacial score (nSPS) is 10.4. The van der Waals surface area contributed by atoms with E-state index in [9.17, 15) is 4.79 Å². The van der Waals surface area contributed by atoms with E-state index < -0.39 is 0 Å². The lowest BCUT2D eigenvalue weighted by atomic mass is 10.2. The van der Waals surface area contributed by atoms with Crippen LogP contribution in [0.4, 0.5) is 11.4 Å². The van der Waals surface area contributed by atoms with Gasteiger partial charge in [0.25, 0.3) is 0 Å². The van der Waals surface area contributed by atoms with E-state index in [1.54, 1.807) is 7.05 Å². The lowest BCUT2D eigenvalue weighted by molar-refractivity contribution is -0.115. The van der Waals surface area contributed by atoms with Gasteiger partial charge in [0, 0.05) is 31.5 Å². The Bertz CT molecular complexity index is 588. The largest absolute Gasteiger partial charge is 0.372 e. The number of aryl methyl sites for hydroxylation is 1. The van der Waals surface area contributed by atoms with Crippen molar-refractivity contribution < 1.29 is 4.79 Å². The van der Waals surface area contributed by atoms with Gasteiger partial charge in [0.1, 0.15) is 0 Å². The summed E-state index contributed by atoms with van der Waals surface area (Å²) in [7, 11) is 1.71. The zero-order valence-corrected chi connectivity index (χ0v) is 12.6. The Morgan fingerprint density at radius 3 is 2.43 bits per heavy atom. The zero-order valence-electron chi connectivity index (χ0n) is 12.6. The van der Waals surface area contributed by atoms with Crippen LogP contribution in [0.2, 0.25) is 0 Å². The highest BCUT2D eigenvalue weighted by Crippen LogP contribution is 2.17. The van der Waals surface area contributed by atoms with Gasteiger partial charge in [0.15, 0.2) is 5.82 Å². The van der Waals surface area contributed by atoms with Crippen molar-refractivity contribution in [2.75, 3.05) is 23.3 Å². The quantitative estimate of drug-likeness (QED) is 0.865. The summed E-state index contributed by atoms with van der Waals surface area (Å²) >= 11 is 0. The van der Waals surface area contributed by atoms with Crippen LogP contribution in [0.1, 0.15) is 19.7 Å². The molecular weight excluding hydrogens is 268 g/mol. The number of hydrogen-bond acceptors (Lipinski definition) is 5. The number of nitrogens with zero attached hydrogens (tertiary/aromatic N) is 5. The molecule has 1 aromatic carbocycles. The average molecular weight is 288 g/mol. The molecule has 0 aliphatic carbocycles. The number of aromatic nitrogens is 4. The van der Waals surface area contributed by atoms with Gasteiger partial charge < -0.3 is 10.2 Å². The molecule has 0 unspecified atom stereocenters. The van der Waals surface area contributed by atoms with Crippen LogP contribution in [0, 0.1) is 0 Å². The number of amides is 1. The van der Waals surface area contributed by atoms with Crippen molar-refractivity contribution in [1.29, 1.82) is 0 Å². The fourth-order valence-electron chi connectivity index (χ4n) is 2.09. The van der Waals surface area contributed by atoms with Gasteiger partial charge in [-0.3, -0.25) is 4.79 Å². The molecule has 0 aliphatic rings. The summed E-state index contributed by atoms with van der Waals surface area (Å²) in [5.41, 5.74) is 1.92. The van der Waals surface area contributed by atoms with Crippen molar-refractivity contribution in [2.24, 2.45) is 7.05 Å². The predicted octanol–water partition coefficient (Wildman–Crippen LogP) is 1.24. The van der Waals surface area contributed by atoms with E-state index in [0.717, 1.165) is 24.5 Å². The first-order valence-corrected chi connectivity index (χ1v) is 7.00. The highest BCUT2D eigenvalue weighted by molar-refractivity contribution is 5.91. The van der Waals surface area contributed by atoms with Crippen LogP contribution in [-0.4, -0.2) is 39.2 Å². The molecule has 7 heteroatoms. The summed E-state index contributed by atoms with van der Waals surface area (Å²) in [5.74, 6) is 0.399. The molecular formula is C14H20N6O. The fourth-order valence-corrected chi connectivity index (χ4v) is 2.09. The summed E-state index contributed by atoms with van der Waals surface area (Å²) in [6, 6.07) is 7.82. The fraction of sp³-hybridized carbons (Fsp3) is 0.429. The topological polar surface area (TPSA) is 75.9 Å². The molecule has 0 bridgehead atoms. The summed E-state index contributed by atoms with van der Waals surface area (Å²) in [6.07, 6.45) is 0.154. The second-order valence-electron chi connectivity index (χ2n) is 4.66. The third-order valence-electron chi connectivity index (χ3n) is 3.31. The maximum absolute atomic E-state index is 11.9. The monoisotopic (exact) mass is 288 g/mol. The number of hydrogen-bond donors (Lipinski definition) is 1. The van der Waals surface area contributed by atoms with Crippen molar-refractivity contribution >= 4 is 17.3 Å². The average Bonchev–Trinajstić information content (AvgIpc) is 2.87. The summed E-state index contributed by atoms with van der Waals surface area (Å²) in [6.45, 7) is 6.16. The smallest absolute Gasteiger partial charge is 0.232 e. The maximum atomic E-state index is 11.9. The number of tetrazole rings is 1. The van der Waals surface area contributed by atoms with E-state index >= 15 is 0 Å². The molecule has 1 aromatic heterocycles. The number of rotatable bonds is 6. The van der Waals surface area contributed by atoms with Crippen LogP contribution in [0.5, 0.6) is 0 Å². The molecule has 7 nitrogen and oxygen atoms in total. The van der Waals surface area contributed by atoms with Crippen molar-refractivity contribution in [1.82, 2.24) is 20.2 Å². The van der Waals surface area contributed by atoms with E-state index in [1.807, 2.05) is 24.3 Å². The second-order valence-corrected chi connectivity index (χ2v) is 4.66. The van der Waals surface area contributed by atoms with Crippen molar-refractivity contribution in [3.63, 3.8) is 0 Å². The molecule has 112 valence electrons. The van der Waals surface area contributed by atoms with Gasteiger partial charge in [0.2, 0.25) is 5.91 Å². The Hall–Kier alpha value is -2.44. The molecule has 2 aromatic rings.